The van der Waals surface area contributed by atoms with E-state index in [9.17, 15) is 17.6 Å². The first-order valence-corrected chi connectivity index (χ1v) is 11.6. The number of methoxy groups -OCH3 is 1. The molecule has 1 N–H and O–H groups in total. The summed E-state index contributed by atoms with van der Waals surface area (Å²) >= 11 is 0. The number of aromatic nitrogens is 2. The minimum atomic E-state index is -4.66. The molecule has 1 fully saturated rings. The van der Waals surface area contributed by atoms with Crippen LogP contribution < -0.4 is 14.8 Å². The molecule has 6 nitrogen and oxygen atoms in total. The number of halogens is 4. The number of rotatable bonds is 7. The average Bonchev–Trinajstić information content (AvgIpc) is 3.34. The van der Waals surface area contributed by atoms with Crippen molar-refractivity contribution < 1.29 is 31.8 Å². The normalized spacial score (nSPS) is 17.3. The number of hydrogen-bond donors (Lipinski definition) is 1. The average molecular weight is 508 g/mol. The monoisotopic (exact) mass is 507 g/mol. The largest absolute Gasteiger partial charge is 0.493 e. The van der Waals surface area contributed by atoms with Gasteiger partial charge in [0.15, 0.2) is 11.5 Å². The van der Waals surface area contributed by atoms with E-state index in [4.69, 9.17) is 14.2 Å². The van der Waals surface area contributed by atoms with Gasteiger partial charge in [-0.15, -0.1) is 0 Å². The quantitative estimate of drug-likeness (QED) is 0.370. The van der Waals surface area contributed by atoms with E-state index in [1.54, 1.807) is 26.0 Å². The predicted octanol–water partition coefficient (Wildman–Crippen LogP) is 6.47. The van der Waals surface area contributed by atoms with Crippen LogP contribution in [0.4, 0.5) is 23.4 Å². The van der Waals surface area contributed by atoms with Gasteiger partial charge in [-0.05, 0) is 63.9 Å². The molecule has 36 heavy (non-hydrogen) atoms. The maximum Gasteiger partial charge on any atom is 0.416 e. The van der Waals surface area contributed by atoms with Crippen LogP contribution in [0.3, 0.4) is 0 Å². The van der Waals surface area contributed by atoms with Gasteiger partial charge in [-0.2, -0.15) is 13.2 Å². The summed E-state index contributed by atoms with van der Waals surface area (Å²) in [6.07, 6.45) is -3.78. The standard InChI is InChI=1S/C26H29F4N3O3/c1-14(16-8-18(26(28,29)30)10-19(27)9-16)31-24-20-11-23(36-25(3,4)17-6-7-35-13-17)22(34-5)12-21(20)32-15(2)33-24/h8-12,14,17H,6-7,13H2,1-5H3,(H,31,32,33)/t14-,17?/m1/s1. The molecule has 1 aromatic heterocycles. The number of ether oxygens (including phenoxy) is 3. The van der Waals surface area contributed by atoms with Gasteiger partial charge in [0.05, 0.1) is 30.8 Å². The van der Waals surface area contributed by atoms with Gasteiger partial charge in [-0.25, -0.2) is 14.4 Å². The van der Waals surface area contributed by atoms with Gasteiger partial charge in [0.1, 0.15) is 23.1 Å². The zero-order chi connectivity index (χ0) is 26.3. The van der Waals surface area contributed by atoms with E-state index in [0.717, 1.165) is 18.6 Å². The van der Waals surface area contributed by atoms with Crippen LogP contribution in [-0.4, -0.2) is 35.9 Å². The number of nitrogens with zero attached hydrogens (tertiary/aromatic N) is 2. The van der Waals surface area contributed by atoms with Crippen LogP contribution in [0.25, 0.3) is 10.9 Å². The summed E-state index contributed by atoms with van der Waals surface area (Å²) in [4.78, 5) is 8.96. The van der Waals surface area contributed by atoms with Crippen LogP contribution in [0.5, 0.6) is 11.5 Å². The highest BCUT2D eigenvalue weighted by molar-refractivity contribution is 5.92. The molecule has 0 amide bonds. The van der Waals surface area contributed by atoms with Crippen molar-refractivity contribution in [2.75, 3.05) is 25.6 Å². The highest BCUT2D eigenvalue weighted by atomic mass is 19.4. The van der Waals surface area contributed by atoms with E-state index >= 15 is 0 Å². The third kappa shape index (κ3) is 5.48. The zero-order valence-corrected chi connectivity index (χ0v) is 20.8. The fraction of sp³-hybridized carbons (Fsp3) is 0.462. The summed E-state index contributed by atoms with van der Waals surface area (Å²) in [5.74, 6) is 1.04. The molecule has 194 valence electrons. The van der Waals surface area contributed by atoms with Crippen molar-refractivity contribution in [3.05, 3.63) is 53.1 Å². The molecule has 0 spiro atoms. The Bertz CT molecular complexity index is 1260. The highest BCUT2D eigenvalue weighted by Crippen LogP contribution is 2.40. The van der Waals surface area contributed by atoms with E-state index in [1.165, 1.54) is 7.11 Å². The summed E-state index contributed by atoms with van der Waals surface area (Å²) in [5, 5.41) is 3.72. The Balaban J connectivity index is 1.72. The molecular weight excluding hydrogens is 478 g/mol. The Morgan fingerprint density at radius 2 is 1.83 bits per heavy atom. The van der Waals surface area contributed by atoms with E-state index in [1.807, 2.05) is 13.8 Å². The third-order valence-electron chi connectivity index (χ3n) is 6.48. The fourth-order valence-electron chi connectivity index (χ4n) is 4.37. The Kier molecular flexibility index (Phi) is 7.01. The molecule has 1 aliphatic heterocycles. The summed E-state index contributed by atoms with van der Waals surface area (Å²) < 4.78 is 71.2. The number of nitrogens with one attached hydrogen (secondary N) is 1. The van der Waals surface area contributed by atoms with E-state index in [0.29, 0.717) is 53.3 Å². The van der Waals surface area contributed by atoms with Gasteiger partial charge >= 0.3 is 6.18 Å². The first kappa shape index (κ1) is 25.9. The molecule has 4 rings (SSSR count). The molecule has 10 heteroatoms. The third-order valence-corrected chi connectivity index (χ3v) is 6.48. The lowest BCUT2D eigenvalue weighted by Gasteiger charge is -2.32. The number of fused-ring (bicyclic) bond motifs is 1. The number of hydrogen-bond acceptors (Lipinski definition) is 6. The lowest BCUT2D eigenvalue weighted by Crippen LogP contribution is -2.38. The van der Waals surface area contributed by atoms with Crippen LogP contribution in [0.15, 0.2) is 30.3 Å². The molecule has 1 aliphatic rings. The molecule has 3 aromatic rings. The van der Waals surface area contributed by atoms with Crippen molar-refractivity contribution in [1.29, 1.82) is 0 Å². The predicted molar refractivity (Wildman–Crippen MR) is 128 cm³/mol. The van der Waals surface area contributed by atoms with Crippen molar-refractivity contribution in [3.8, 4) is 11.5 Å². The van der Waals surface area contributed by atoms with Crippen LogP contribution in [-0.2, 0) is 10.9 Å². The van der Waals surface area contributed by atoms with Crippen LogP contribution in [0, 0.1) is 18.7 Å². The molecule has 1 saturated heterocycles. The number of benzene rings is 2. The number of alkyl halides is 3. The zero-order valence-electron chi connectivity index (χ0n) is 20.8. The van der Waals surface area contributed by atoms with Gasteiger partial charge < -0.3 is 19.5 Å². The molecular formula is C26H29F4N3O3. The van der Waals surface area contributed by atoms with E-state index in [2.05, 4.69) is 15.3 Å². The van der Waals surface area contributed by atoms with Gasteiger partial charge in [0.25, 0.3) is 0 Å². The van der Waals surface area contributed by atoms with Crippen molar-refractivity contribution in [2.45, 2.75) is 51.9 Å². The lowest BCUT2D eigenvalue weighted by atomic mass is 9.90. The van der Waals surface area contributed by atoms with Crippen LogP contribution in [0.1, 0.15) is 50.2 Å². The second-order valence-electron chi connectivity index (χ2n) is 9.54. The maximum atomic E-state index is 14.0. The molecule has 0 radical (unpaired) electrons. The topological polar surface area (TPSA) is 65.5 Å². The minimum absolute atomic E-state index is 0.138. The van der Waals surface area contributed by atoms with Crippen LogP contribution >= 0.6 is 0 Å². The smallest absolute Gasteiger partial charge is 0.416 e. The highest BCUT2D eigenvalue weighted by Gasteiger charge is 2.35. The number of aryl methyl sites for hydroxylation is 1. The summed E-state index contributed by atoms with van der Waals surface area (Å²) in [7, 11) is 1.54. The maximum absolute atomic E-state index is 14.0. The fourth-order valence-corrected chi connectivity index (χ4v) is 4.37. The van der Waals surface area contributed by atoms with Crippen molar-refractivity contribution in [3.63, 3.8) is 0 Å². The Hall–Kier alpha value is -3.14. The lowest BCUT2D eigenvalue weighted by molar-refractivity contribution is -0.137. The van der Waals surface area contributed by atoms with Gasteiger partial charge in [0.2, 0.25) is 0 Å². The summed E-state index contributed by atoms with van der Waals surface area (Å²) in [6, 6.07) is 5.30. The first-order chi connectivity index (χ1) is 16.9. The van der Waals surface area contributed by atoms with Crippen LogP contribution in [0.2, 0.25) is 0 Å². The minimum Gasteiger partial charge on any atom is -0.493 e. The van der Waals surface area contributed by atoms with Gasteiger partial charge in [0, 0.05) is 24.0 Å². The Labute approximate surface area is 207 Å². The molecule has 2 atom stereocenters. The van der Waals surface area contributed by atoms with E-state index in [-0.39, 0.29) is 11.5 Å². The Morgan fingerprint density at radius 3 is 2.47 bits per heavy atom. The summed E-state index contributed by atoms with van der Waals surface area (Å²) in [6.45, 7) is 8.61. The Morgan fingerprint density at radius 1 is 1.08 bits per heavy atom. The summed E-state index contributed by atoms with van der Waals surface area (Å²) in [5.41, 5.74) is -0.884. The van der Waals surface area contributed by atoms with Crippen molar-refractivity contribution >= 4 is 16.7 Å². The second-order valence-corrected chi connectivity index (χ2v) is 9.54. The molecule has 0 saturated carbocycles. The first-order valence-electron chi connectivity index (χ1n) is 11.6. The van der Waals surface area contributed by atoms with Crippen molar-refractivity contribution in [2.24, 2.45) is 5.92 Å². The molecule has 0 aliphatic carbocycles. The van der Waals surface area contributed by atoms with Gasteiger partial charge in [-0.3, -0.25) is 0 Å². The van der Waals surface area contributed by atoms with Crippen molar-refractivity contribution in [1.82, 2.24) is 9.97 Å². The molecule has 2 heterocycles. The molecule has 2 aromatic carbocycles. The molecule has 0 bridgehead atoms. The molecule has 1 unspecified atom stereocenters. The van der Waals surface area contributed by atoms with E-state index < -0.39 is 29.2 Å². The second kappa shape index (κ2) is 9.72. The number of anilines is 1. The van der Waals surface area contributed by atoms with Gasteiger partial charge in [-0.1, -0.05) is 0 Å². The SMILES string of the molecule is COc1cc2nc(C)nc(N[C@H](C)c3cc(F)cc(C(F)(F)F)c3)c2cc1OC(C)(C)C1CCOC1.